The average Bonchev–Trinajstić information content (AvgIpc) is 2.63. The van der Waals surface area contributed by atoms with E-state index in [1.165, 1.54) is 25.7 Å². The van der Waals surface area contributed by atoms with Crippen molar-refractivity contribution in [3.05, 3.63) is 23.9 Å². The summed E-state index contributed by atoms with van der Waals surface area (Å²) in [7, 11) is 0. The minimum Gasteiger partial charge on any atom is -0.481 e. The molecule has 1 fully saturated rings. The summed E-state index contributed by atoms with van der Waals surface area (Å²) in [6, 6.07) is 1.90. The van der Waals surface area contributed by atoms with Gasteiger partial charge < -0.3 is 15.3 Å². The Morgan fingerprint density at radius 2 is 2.17 bits per heavy atom. The zero-order valence-electron chi connectivity index (χ0n) is 14.1. The first-order valence-electron chi connectivity index (χ1n) is 8.95. The van der Waals surface area contributed by atoms with Crippen LogP contribution in [0.4, 0.5) is 11.8 Å². The molecule has 1 aromatic heterocycles. The highest BCUT2D eigenvalue weighted by atomic mass is 16.4. The molecule has 6 nitrogen and oxygen atoms in total. The first-order chi connectivity index (χ1) is 11.7. The van der Waals surface area contributed by atoms with Crippen molar-refractivity contribution in [3.8, 4) is 0 Å². The first kappa shape index (κ1) is 16.7. The second kappa shape index (κ2) is 8.13. The molecule has 0 spiro atoms. The third-order valence-electron chi connectivity index (χ3n) is 4.92. The van der Waals surface area contributed by atoms with Crippen LogP contribution in [0.3, 0.4) is 0 Å². The summed E-state index contributed by atoms with van der Waals surface area (Å²) in [6.45, 7) is 2.33. The lowest BCUT2D eigenvalue weighted by molar-refractivity contribution is -0.142. The molecule has 0 unspecified atom stereocenters. The van der Waals surface area contributed by atoms with E-state index >= 15 is 0 Å². The van der Waals surface area contributed by atoms with Crippen molar-refractivity contribution < 1.29 is 9.90 Å². The third kappa shape index (κ3) is 4.46. The zero-order chi connectivity index (χ0) is 16.8. The number of anilines is 2. The first-order valence-corrected chi connectivity index (χ1v) is 8.95. The summed E-state index contributed by atoms with van der Waals surface area (Å²) in [5.41, 5.74) is 1.54. The van der Waals surface area contributed by atoms with E-state index in [9.17, 15) is 4.79 Å². The monoisotopic (exact) mass is 330 g/mol. The van der Waals surface area contributed by atoms with Crippen LogP contribution in [0.1, 0.15) is 44.9 Å². The number of piperidine rings is 1. The molecular weight excluding hydrogens is 304 g/mol. The van der Waals surface area contributed by atoms with E-state index < -0.39 is 5.97 Å². The summed E-state index contributed by atoms with van der Waals surface area (Å²) >= 11 is 0. The second-order valence-corrected chi connectivity index (χ2v) is 6.62. The van der Waals surface area contributed by atoms with Gasteiger partial charge in [-0.25, -0.2) is 4.98 Å². The Morgan fingerprint density at radius 3 is 2.88 bits per heavy atom. The lowest BCUT2D eigenvalue weighted by atomic mass is 9.97. The molecule has 1 aliphatic heterocycles. The summed E-state index contributed by atoms with van der Waals surface area (Å²) in [5.74, 6) is 0.638. The van der Waals surface area contributed by atoms with Crippen LogP contribution in [-0.4, -0.2) is 40.7 Å². The fourth-order valence-electron chi connectivity index (χ4n) is 3.43. The van der Waals surface area contributed by atoms with Crippen molar-refractivity contribution in [2.75, 3.05) is 29.9 Å². The van der Waals surface area contributed by atoms with E-state index in [2.05, 4.69) is 26.3 Å². The van der Waals surface area contributed by atoms with E-state index in [4.69, 9.17) is 5.11 Å². The number of nitrogens with zero attached hydrogens (tertiary/aromatic N) is 3. The Morgan fingerprint density at radius 1 is 1.33 bits per heavy atom. The van der Waals surface area contributed by atoms with E-state index in [0.717, 1.165) is 31.9 Å². The predicted octanol–water partition coefficient (Wildman–Crippen LogP) is 3.08. The standard InChI is InChI=1S/C18H26N4O2/c23-17(24)15-8-12-22(13-9-15)16-7-11-20-18(21-16)19-10-6-14-4-2-1-3-5-14/h4,7,11,15H,1-3,5-6,8-10,12-13H2,(H,23,24)(H,19,20,21). The number of hydrogen-bond acceptors (Lipinski definition) is 5. The van der Waals surface area contributed by atoms with Gasteiger partial charge in [0.25, 0.3) is 0 Å². The number of nitrogens with one attached hydrogen (secondary N) is 1. The van der Waals surface area contributed by atoms with Crippen molar-refractivity contribution in [3.63, 3.8) is 0 Å². The van der Waals surface area contributed by atoms with E-state index in [1.807, 2.05) is 6.07 Å². The zero-order valence-corrected chi connectivity index (χ0v) is 14.1. The SMILES string of the molecule is O=C(O)C1CCN(c2ccnc(NCCC3=CCCCC3)n2)CC1. The van der Waals surface area contributed by atoms with Gasteiger partial charge >= 0.3 is 5.97 Å². The Balaban J connectivity index is 1.51. The molecule has 0 amide bonds. The highest BCUT2D eigenvalue weighted by Crippen LogP contribution is 2.23. The molecule has 0 atom stereocenters. The van der Waals surface area contributed by atoms with Gasteiger partial charge in [-0.3, -0.25) is 4.79 Å². The van der Waals surface area contributed by atoms with Gasteiger partial charge in [-0.15, -0.1) is 0 Å². The number of carbonyl (C=O) groups is 1. The highest BCUT2D eigenvalue weighted by molar-refractivity contribution is 5.70. The molecule has 0 bridgehead atoms. The van der Waals surface area contributed by atoms with Crippen molar-refractivity contribution in [1.29, 1.82) is 0 Å². The normalized spacial score (nSPS) is 19.0. The van der Waals surface area contributed by atoms with Gasteiger partial charge in [0.1, 0.15) is 5.82 Å². The molecular formula is C18H26N4O2. The molecule has 130 valence electrons. The number of aliphatic carboxylic acids is 1. The Labute approximate surface area is 143 Å². The minimum absolute atomic E-state index is 0.218. The van der Waals surface area contributed by atoms with Crippen LogP contribution in [0, 0.1) is 5.92 Å². The van der Waals surface area contributed by atoms with Gasteiger partial charge in [-0.1, -0.05) is 11.6 Å². The molecule has 3 rings (SSSR count). The maximum Gasteiger partial charge on any atom is 0.306 e. The summed E-state index contributed by atoms with van der Waals surface area (Å²) in [5, 5.41) is 12.4. The van der Waals surface area contributed by atoms with Gasteiger partial charge in [0.15, 0.2) is 0 Å². The molecule has 0 saturated carbocycles. The number of hydrogen-bond donors (Lipinski definition) is 2. The minimum atomic E-state index is -0.684. The Hall–Kier alpha value is -2.11. The number of carboxylic acids is 1. The fraction of sp³-hybridized carbons (Fsp3) is 0.611. The third-order valence-corrected chi connectivity index (χ3v) is 4.92. The van der Waals surface area contributed by atoms with Gasteiger partial charge in [0, 0.05) is 25.8 Å². The summed E-state index contributed by atoms with van der Waals surface area (Å²) < 4.78 is 0. The summed E-state index contributed by atoms with van der Waals surface area (Å²) in [6.07, 6.45) is 11.6. The van der Waals surface area contributed by atoms with E-state index in [1.54, 1.807) is 11.8 Å². The van der Waals surface area contributed by atoms with Crippen molar-refractivity contribution in [2.24, 2.45) is 5.92 Å². The maximum absolute atomic E-state index is 11.0. The van der Waals surface area contributed by atoms with Crippen molar-refractivity contribution in [2.45, 2.75) is 44.9 Å². The van der Waals surface area contributed by atoms with E-state index in [-0.39, 0.29) is 5.92 Å². The largest absolute Gasteiger partial charge is 0.481 e. The molecule has 6 heteroatoms. The second-order valence-electron chi connectivity index (χ2n) is 6.62. The summed E-state index contributed by atoms with van der Waals surface area (Å²) in [4.78, 5) is 22.1. The van der Waals surface area contributed by atoms with Crippen LogP contribution in [-0.2, 0) is 4.79 Å². The molecule has 0 radical (unpaired) electrons. The molecule has 0 aromatic carbocycles. The molecule has 1 aliphatic carbocycles. The van der Waals surface area contributed by atoms with Crippen LogP contribution in [0.25, 0.3) is 0 Å². The van der Waals surface area contributed by atoms with Crippen LogP contribution in [0.15, 0.2) is 23.9 Å². The fourth-order valence-corrected chi connectivity index (χ4v) is 3.43. The van der Waals surface area contributed by atoms with Crippen molar-refractivity contribution >= 4 is 17.7 Å². The molecule has 2 heterocycles. The molecule has 1 aromatic rings. The average molecular weight is 330 g/mol. The molecule has 1 saturated heterocycles. The van der Waals surface area contributed by atoms with Crippen molar-refractivity contribution in [1.82, 2.24) is 9.97 Å². The van der Waals surface area contributed by atoms with E-state index in [0.29, 0.717) is 18.8 Å². The number of allylic oxidation sites excluding steroid dienone is 1. The topological polar surface area (TPSA) is 78.3 Å². The number of rotatable bonds is 6. The van der Waals surface area contributed by atoms with Crippen LogP contribution in [0.5, 0.6) is 0 Å². The quantitative estimate of drug-likeness (QED) is 0.781. The van der Waals surface area contributed by atoms with Gasteiger partial charge in [0.05, 0.1) is 5.92 Å². The van der Waals surface area contributed by atoms with Crippen LogP contribution in [0.2, 0.25) is 0 Å². The number of aromatic nitrogens is 2. The van der Waals surface area contributed by atoms with Gasteiger partial charge in [-0.2, -0.15) is 4.98 Å². The van der Waals surface area contributed by atoms with Crippen LogP contribution < -0.4 is 10.2 Å². The molecule has 2 N–H and O–H groups in total. The predicted molar refractivity (Wildman–Crippen MR) is 94.3 cm³/mol. The van der Waals surface area contributed by atoms with Gasteiger partial charge in [-0.05, 0) is 51.0 Å². The van der Waals surface area contributed by atoms with Crippen LogP contribution >= 0.6 is 0 Å². The number of carboxylic acid groups (broad SMARTS) is 1. The molecule has 2 aliphatic rings. The molecule has 24 heavy (non-hydrogen) atoms. The smallest absolute Gasteiger partial charge is 0.306 e. The Bertz CT molecular complexity index is 594. The highest BCUT2D eigenvalue weighted by Gasteiger charge is 2.25. The lowest BCUT2D eigenvalue weighted by Gasteiger charge is -2.31. The van der Waals surface area contributed by atoms with Gasteiger partial charge in [0.2, 0.25) is 5.95 Å². The maximum atomic E-state index is 11.0. The lowest BCUT2D eigenvalue weighted by Crippen LogP contribution is -2.36. The Kier molecular flexibility index (Phi) is 5.67.